The van der Waals surface area contributed by atoms with Gasteiger partial charge < -0.3 is 25.0 Å². The lowest BCUT2D eigenvalue weighted by molar-refractivity contribution is -0.384. The van der Waals surface area contributed by atoms with Crippen LogP contribution in [0.15, 0.2) is 36.4 Å². The van der Waals surface area contributed by atoms with Crippen LogP contribution in [0.1, 0.15) is 11.1 Å². The first kappa shape index (κ1) is 22.2. The summed E-state index contributed by atoms with van der Waals surface area (Å²) in [7, 11) is 3.21. The summed E-state index contributed by atoms with van der Waals surface area (Å²) in [5.74, 6) is -2.19. The third-order valence-electron chi connectivity index (χ3n) is 3.57. The summed E-state index contributed by atoms with van der Waals surface area (Å²) in [6.07, 6.45) is 0. The Bertz CT molecular complexity index is 855. The van der Waals surface area contributed by atoms with Crippen LogP contribution in [-0.2, 0) is 16.1 Å². The number of nitrogens with one attached hydrogen (secondary N) is 1. The molecule has 0 aliphatic rings. The molecule has 10 nitrogen and oxygen atoms in total. The Labute approximate surface area is 160 Å². The Morgan fingerprint density at radius 1 is 1.07 bits per heavy atom. The number of carboxylic acid groups (broad SMARTS) is 2. The van der Waals surface area contributed by atoms with E-state index < -0.39 is 16.9 Å². The SMILES string of the molecule is COc1ccc(CNc2ccc([N+](=O)[O-])cc2C)c(OC)c1.O=C(O)C(=O)O. The zero-order chi connectivity index (χ0) is 21.3. The van der Waals surface area contributed by atoms with Gasteiger partial charge in [-0.05, 0) is 30.7 Å². The number of ether oxygens (including phenoxy) is 2. The zero-order valence-corrected chi connectivity index (χ0v) is 15.5. The first-order valence-electron chi connectivity index (χ1n) is 7.85. The number of aryl methyl sites for hydroxylation is 1. The van der Waals surface area contributed by atoms with Crippen molar-refractivity contribution in [3.05, 3.63) is 57.6 Å². The number of carbonyl (C=O) groups is 2. The molecule has 150 valence electrons. The van der Waals surface area contributed by atoms with Crippen LogP contribution in [0, 0.1) is 17.0 Å². The molecule has 0 unspecified atom stereocenters. The molecule has 28 heavy (non-hydrogen) atoms. The maximum Gasteiger partial charge on any atom is 0.414 e. The van der Waals surface area contributed by atoms with Crippen molar-refractivity contribution in [3.8, 4) is 11.5 Å². The van der Waals surface area contributed by atoms with Gasteiger partial charge in [-0.25, -0.2) is 9.59 Å². The number of non-ortho nitro benzene ring substituents is 1. The minimum absolute atomic E-state index is 0.0880. The number of benzene rings is 2. The summed E-state index contributed by atoms with van der Waals surface area (Å²) < 4.78 is 10.5. The highest BCUT2D eigenvalue weighted by atomic mass is 16.6. The van der Waals surface area contributed by atoms with Crippen molar-refractivity contribution in [2.45, 2.75) is 13.5 Å². The molecular formula is C18H20N2O8. The highest BCUT2D eigenvalue weighted by Gasteiger charge is 2.09. The first-order valence-corrected chi connectivity index (χ1v) is 7.85. The molecule has 0 fully saturated rings. The molecule has 0 aromatic heterocycles. The summed E-state index contributed by atoms with van der Waals surface area (Å²) in [4.78, 5) is 28.5. The number of methoxy groups -OCH3 is 2. The van der Waals surface area contributed by atoms with Gasteiger partial charge in [0, 0.05) is 36.0 Å². The molecule has 2 rings (SSSR count). The van der Waals surface area contributed by atoms with Crippen molar-refractivity contribution < 1.29 is 34.2 Å². The number of aliphatic carboxylic acids is 2. The standard InChI is InChI=1S/C16H18N2O4.C2H2O4/c1-11-8-13(18(19)20)5-7-15(11)17-10-12-4-6-14(21-2)9-16(12)22-3;3-1(4)2(5)6/h4-9,17H,10H2,1-3H3;(H,3,4)(H,5,6). The minimum Gasteiger partial charge on any atom is -0.497 e. The molecule has 0 atom stereocenters. The maximum absolute atomic E-state index is 10.7. The van der Waals surface area contributed by atoms with Crippen LogP contribution < -0.4 is 14.8 Å². The highest BCUT2D eigenvalue weighted by molar-refractivity contribution is 6.27. The lowest BCUT2D eigenvalue weighted by atomic mass is 10.1. The summed E-state index contributed by atoms with van der Waals surface area (Å²) in [5.41, 5.74) is 2.73. The molecule has 2 aromatic rings. The predicted octanol–water partition coefficient (Wildman–Crippen LogP) is 2.69. The number of nitrogens with zero attached hydrogens (tertiary/aromatic N) is 1. The molecule has 0 aliphatic heterocycles. The number of nitro benzene ring substituents is 1. The lowest BCUT2D eigenvalue weighted by Gasteiger charge is -2.13. The van der Waals surface area contributed by atoms with Crippen LogP contribution in [-0.4, -0.2) is 41.3 Å². The van der Waals surface area contributed by atoms with Crippen LogP contribution >= 0.6 is 0 Å². The van der Waals surface area contributed by atoms with E-state index in [9.17, 15) is 10.1 Å². The third kappa shape index (κ3) is 6.48. The van der Waals surface area contributed by atoms with E-state index in [1.54, 1.807) is 26.4 Å². The highest BCUT2D eigenvalue weighted by Crippen LogP contribution is 2.27. The summed E-state index contributed by atoms with van der Waals surface area (Å²) in [5, 5.41) is 28.8. The Hall–Kier alpha value is -3.82. The van der Waals surface area contributed by atoms with Gasteiger partial charge >= 0.3 is 11.9 Å². The fourth-order valence-electron chi connectivity index (χ4n) is 2.15. The fourth-order valence-corrected chi connectivity index (χ4v) is 2.15. The van der Waals surface area contributed by atoms with E-state index in [-0.39, 0.29) is 5.69 Å². The Morgan fingerprint density at radius 2 is 1.71 bits per heavy atom. The van der Waals surface area contributed by atoms with Crippen molar-refractivity contribution in [1.29, 1.82) is 0 Å². The Balaban J connectivity index is 0.000000568. The van der Waals surface area contributed by atoms with Gasteiger partial charge in [-0.3, -0.25) is 10.1 Å². The van der Waals surface area contributed by atoms with Crippen LogP contribution in [0.5, 0.6) is 11.5 Å². The van der Waals surface area contributed by atoms with E-state index in [2.05, 4.69) is 5.32 Å². The van der Waals surface area contributed by atoms with Crippen LogP contribution in [0.3, 0.4) is 0 Å². The quantitative estimate of drug-likeness (QED) is 0.383. The molecule has 0 bridgehead atoms. The van der Waals surface area contributed by atoms with E-state index in [1.807, 2.05) is 25.1 Å². The van der Waals surface area contributed by atoms with Crippen LogP contribution in [0.25, 0.3) is 0 Å². The summed E-state index contributed by atoms with van der Waals surface area (Å²) in [6, 6.07) is 10.4. The molecule has 2 aromatic carbocycles. The molecule has 0 amide bonds. The minimum atomic E-state index is -1.82. The topological polar surface area (TPSA) is 148 Å². The molecule has 0 heterocycles. The lowest BCUT2D eigenvalue weighted by Crippen LogP contribution is -2.09. The molecular weight excluding hydrogens is 372 g/mol. The number of hydrogen-bond acceptors (Lipinski definition) is 7. The summed E-state index contributed by atoms with van der Waals surface area (Å²) >= 11 is 0. The molecule has 10 heteroatoms. The number of carboxylic acids is 2. The third-order valence-corrected chi connectivity index (χ3v) is 3.57. The fraction of sp³-hybridized carbons (Fsp3) is 0.222. The van der Waals surface area contributed by atoms with Crippen LogP contribution in [0.4, 0.5) is 11.4 Å². The molecule has 0 radical (unpaired) electrons. The smallest absolute Gasteiger partial charge is 0.414 e. The van der Waals surface area contributed by atoms with Gasteiger partial charge in [-0.1, -0.05) is 0 Å². The van der Waals surface area contributed by atoms with Crippen molar-refractivity contribution >= 4 is 23.3 Å². The molecule has 0 aliphatic carbocycles. The summed E-state index contributed by atoms with van der Waals surface area (Å²) in [6.45, 7) is 2.38. The molecule has 3 N–H and O–H groups in total. The second-order valence-corrected chi connectivity index (χ2v) is 5.40. The number of hydrogen-bond donors (Lipinski definition) is 3. The van der Waals surface area contributed by atoms with Gasteiger partial charge in [0.2, 0.25) is 0 Å². The second kappa shape index (κ2) is 10.4. The van der Waals surface area contributed by atoms with Gasteiger partial charge in [-0.15, -0.1) is 0 Å². The number of anilines is 1. The van der Waals surface area contributed by atoms with Gasteiger partial charge in [0.05, 0.1) is 19.1 Å². The monoisotopic (exact) mass is 392 g/mol. The van der Waals surface area contributed by atoms with E-state index in [0.717, 1.165) is 28.3 Å². The predicted molar refractivity (Wildman–Crippen MR) is 100.0 cm³/mol. The first-order chi connectivity index (χ1) is 13.2. The maximum atomic E-state index is 10.7. The van der Waals surface area contributed by atoms with Crippen molar-refractivity contribution in [3.63, 3.8) is 0 Å². The van der Waals surface area contributed by atoms with Crippen molar-refractivity contribution in [1.82, 2.24) is 0 Å². The van der Waals surface area contributed by atoms with E-state index in [4.69, 9.17) is 29.3 Å². The van der Waals surface area contributed by atoms with E-state index in [1.165, 1.54) is 6.07 Å². The molecule has 0 saturated carbocycles. The normalized spacial score (nSPS) is 9.54. The van der Waals surface area contributed by atoms with Crippen LogP contribution in [0.2, 0.25) is 0 Å². The van der Waals surface area contributed by atoms with E-state index >= 15 is 0 Å². The average Bonchev–Trinajstić information content (AvgIpc) is 2.67. The average molecular weight is 392 g/mol. The molecule has 0 spiro atoms. The largest absolute Gasteiger partial charge is 0.497 e. The Kier molecular flexibility index (Phi) is 8.22. The number of nitro groups is 1. The Morgan fingerprint density at radius 3 is 2.18 bits per heavy atom. The molecule has 0 saturated heterocycles. The van der Waals surface area contributed by atoms with Gasteiger partial charge in [0.1, 0.15) is 11.5 Å². The van der Waals surface area contributed by atoms with Gasteiger partial charge in [0.15, 0.2) is 0 Å². The van der Waals surface area contributed by atoms with Crippen molar-refractivity contribution in [2.24, 2.45) is 0 Å². The second-order valence-electron chi connectivity index (χ2n) is 5.40. The van der Waals surface area contributed by atoms with Gasteiger partial charge in [0.25, 0.3) is 5.69 Å². The van der Waals surface area contributed by atoms with Gasteiger partial charge in [-0.2, -0.15) is 0 Å². The van der Waals surface area contributed by atoms with Crippen molar-refractivity contribution in [2.75, 3.05) is 19.5 Å². The van der Waals surface area contributed by atoms with E-state index in [0.29, 0.717) is 6.54 Å². The zero-order valence-electron chi connectivity index (χ0n) is 15.5. The number of rotatable bonds is 6.